The van der Waals surface area contributed by atoms with Crippen molar-refractivity contribution in [1.82, 2.24) is 0 Å². The Labute approximate surface area is 319 Å². The molecule has 51 heavy (non-hydrogen) atoms. The molecule has 0 bridgehead atoms. The smallest absolute Gasteiger partial charge is 0.130 e. The Bertz CT molecular complexity index is 1010. The van der Waals surface area contributed by atoms with E-state index in [4.69, 9.17) is 4.74 Å². The number of hydrogen-bond donors (Lipinski definition) is 0. The van der Waals surface area contributed by atoms with Gasteiger partial charge in [0.1, 0.15) is 11.5 Å². The van der Waals surface area contributed by atoms with Crippen LogP contribution in [0.4, 0.5) is 0 Å². The Hall–Kier alpha value is -1.76. The van der Waals surface area contributed by atoms with E-state index in [1.165, 1.54) is 224 Å². The van der Waals surface area contributed by atoms with Crippen molar-refractivity contribution in [3.05, 3.63) is 59.2 Å². The molecular formula is C50H86O. The summed E-state index contributed by atoms with van der Waals surface area (Å²) in [6.45, 7) is 6.94. The molecule has 0 atom stereocenters. The monoisotopic (exact) mass is 703 g/mol. The second-order valence-electron chi connectivity index (χ2n) is 16.1. The van der Waals surface area contributed by atoms with Gasteiger partial charge < -0.3 is 4.74 Å². The summed E-state index contributed by atoms with van der Waals surface area (Å²) < 4.78 is 6.66. The highest BCUT2D eigenvalue weighted by Crippen LogP contribution is 2.34. The highest BCUT2D eigenvalue weighted by atomic mass is 16.5. The average molecular weight is 703 g/mol. The number of aryl methyl sites for hydroxylation is 1. The van der Waals surface area contributed by atoms with Crippen LogP contribution >= 0.6 is 0 Å². The molecular weight excluding hydrogens is 617 g/mol. The Kier molecular flexibility index (Phi) is 30.3. The van der Waals surface area contributed by atoms with Gasteiger partial charge >= 0.3 is 0 Å². The summed E-state index contributed by atoms with van der Waals surface area (Å²) in [5, 5.41) is 0. The molecule has 0 amide bonds. The topological polar surface area (TPSA) is 9.23 Å². The Morgan fingerprint density at radius 1 is 0.314 bits per heavy atom. The van der Waals surface area contributed by atoms with E-state index in [1.54, 1.807) is 11.1 Å². The van der Waals surface area contributed by atoms with Crippen LogP contribution < -0.4 is 4.74 Å². The number of hydrogen-bond acceptors (Lipinski definition) is 1. The third-order valence-corrected chi connectivity index (χ3v) is 11.3. The van der Waals surface area contributed by atoms with Crippen LogP contribution in [0, 0.1) is 0 Å². The van der Waals surface area contributed by atoms with Crippen LogP contribution in [0.3, 0.4) is 0 Å². The molecule has 0 fully saturated rings. The number of ether oxygens (including phenoxy) is 1. The third-order valence-electron chi connectivity index (χ3n) is 11.3. The van der Waals surface area contributed by atoms with Gasteiger partial charge in [0.25, 0.3) is 0 Å². The van der Waals surface area contributed by atoms with Crippen LogP contribution in [0.25, 0.3) is 0 Å². The molecule has 0 aliphatic rings. The van der Waals surface area contributed by atoms with Crippen LogP contribution in [0.15, 0.2) is 42.5 Å². The standard InChI is InChI=1S/C50H86O/c1-4-7-10-13-16-19-22-23-24-27-30-34-39-46-44-45-50(51-47-40-35-33-36-41-47)49(43-38-32-29-26-21-18-15-12-9-6-3)48(46)42-37-31-28-25-20-17-14-11-8-5-2/h33,35-36,40-41,44-45H,4-32,34,37-39,42-43H2,1-3H3. The van der Waals surface area contributed by atoms with Crippen LogP contribution in [0.1, 0.15) is 243 Å². The molecule has 0 unspecified atom stereocenters. The molecule has 1 heteroatoms. The lowest BCUT2D eigenvalue weighted by Gasteiger charge is -2.20. The second-order valence-corrected chi connectivity index (χ2v) is 16.1. The van der Waals surface area contributed by atoms with Crippen molar-refractivity contribution in [2.45, 2.75) is 245 Å². The van der Waals surface area contributed by atoms with Crippen molar-refractivity contribution in [3.63, 3.8) is 0 Å². The Morgan fingerprint density at radius 2 is 0.647 bits per heavy atom. The third kappa shape index (κ3) is 24.2. The summed E-state index contributed by atoms with van der Waals surface area (Å²) in [5.74, 6) is 2.10. The van der Waals surface area contributed by atoms with Gasteiger partial charge in [0.05, 0.1) is 0 Å². The molecule has 0 heterocycles. The maximum absolute atomic E-state index is 6.66. The predicted octanol–water partition coefficient (Wildman–Crippen LogP) is 17.6. The van der Waals surface area contributed by atoms with E-state index in [9.17, 15) is 0 Å². The minimum absolute atomic E-state index is 0.973. The van der Waals surface area contributed by atoms with E-state index in [2.05, 4.69) is 63.2 Å². The van der Waals surface area contributed by atoms with Gasteiger partial charge in [-0.05, 0) is 73.4 Å². The van der Waals surface area contributed by atoms with E-state index < -0.39 is 0 Å². The summed E-state index contributed by atoms with van der Waals surface area (Å²) >= 11 is 0. The van der Waals surface area contributed by atoms with Crippen LogP contribution in [-0.4, -0.2) is 0 Å². The summed E-state index contributed by atoms with van der Waals surface area (Å²) in [6.07, 6.45) is 48.5. The van der Waals surface area contributed by atoms with Crippen LogP contribution in [-0.2, 0) is 19.3 Å². The van der Waals surface area contributed by atoms with E-state index in [0.29, 0.717) is 0 Å². The van der Waals surface area contributed by atoms with Gasteiger partial charge in [-0.15, -0.1) is 0 Å². The molecule has 0 aliphatic heterocycles. The van der Waals surface area contributed by atoms with Crippen molar-refractivity contribution in [2.24, 2.45) is 0 Å². The van der Waals surface area contributed by atoms with Gasteiger partial charge in [-0.25, -0.2) is 0 Å². The molecule has 0 saturated heterocycles. The fourth-order valence-corrected chi connectivity index (χ4v) is 7.99. The lowest BCUT2D eigenvalue weighted by Crippen LogP contribution is -2.05. The predicted molar refractivity (Wildman–Crippen MR) is 229 cm³/mol. The normalized spacial score (nSPS) is 11.4. The largest absolute Gasteiger partial charge is 0.457 e. The fraction of sp³-hybridized carbons (Fsp3) is 0.760. The van der Waals surface area contributed by atoms with E-state index >= 15 is 0 Å². The molecule has 0 aliphatic carbocycles. The summed E-state index contributed by atoms with van der Waals surface area (Å²) in [4.78, 5) is 0. The Balaban J connectivity index is 1.97. The summed E-state index contributed by atoms with van der Waals surface area (Å²) in [6, 6.07) is 15.3. The van der Waals surface area contributed by atoms with Crippen LogP contribution in [0.2, 0.25) is 0 Å². The first-order chi connectivity index (χ1) is 25.3. The van der Waals surface area contributed by atoms with Gasteiger partial charge in [0, 0.05) is 0 Å². The van der Waals surface area contributed by atoms with E-state index in [1.807, 2.05) is 0 Å². The van der Waals surface area contributed by atoms with Gasteiger partial charge in [-0.3, -0.25) is 0 Å². The van der Waals surface area contributed by atoms with E-state index in [-0.39, 0.29) is 0 Å². The zero-order valence-corrected chi connectivity index (χ0v) is 34.7. The molecule has 2 rings (SSSR count). The summed E-state index contributed by atoms with van der Waals surface area (Å²) in [7, 11) is 0. The van der Waals surface area contributed by atoms with Gasteiger partial charge in [0.15, 0.2) is 0 Å². The van der Waals surface area contributed by atoms with Gasteiger partial charge in [-0.1, -0.05) is 231 Å². The average Bonchev–Trinajstić information content (AvgIpc) is 3.15. The van der Waals surface area contributed by atoms with Crippen LogP contribution in [0.5, 0.6) is 11.5 Å². The summed E-state index contributed by atoms with van der Waals surface area (Å²) in [5.41, 5.74) is 4.81. The minimum atomic E-state index is 0.973. The number of para-hydroxylation sites is 1. The van der Waals surface area contributed by atoms with Crippen molar-refractivity contribution in [1.29, 1.82) is 0 Å². The highest BCUT2D eigenvalue weighted by Gasteiger charge is 2.15. The highest BCUT2D eigenvalue weighted by molar-refractivity contribution is 5.47. The lowest BCUT2D eigenvalue weighted by atomic mass is 9.89. The zero-order chi connectivity index (χ0) is 36.3. The maximum atomic E-state index is 6.66. The molecule has 0 aromatic heterocycles. The van der Waals surface area contributed by atoms with E-state index in [0.717, 1.165) is 17.9 Å². The molecule has 2 aromatic carbocycles. The first kappa shape index (κ1) is 45.4. The number of rotatable bonds is 37. The minimum Gasteiger partial charge on any atom is -0.457 e. The fourth-order valence-electron chi connectivity index (χ4n) is 7.99. The SMILES string of the molecule is CCCCCCCCCCCCCCc1ccc(Oc2ccccc2)c(CCCCCCCCCCCC)c1CCCCCCCCCCCC. The Morgan fingerprint density at radius 3 is 1.04 bits per heavy atom. The number of unbranched alkanes of at least 4 members (excludes halogenated alkanes) is 29. The van der Waals surface area contributed by atoms with Crippen molar-refractivity contribution < 1.29 is 4.74 Å². The molecule has 0 saturated carbocycles. The maximum Gasteiger partial charge on any atom is 0.130 e. The molecule has 0 radical (unpaired) electrons. The molecule has 0 N–H and O–H groups in total. The van der Waals surface area contributed by atoms with Gasteiger partial charge in [0.2, 0.25) is 0 Å². The molecule has 2 aromatic rings. The van der Waals surface area contributed by atoms with Crippen molar-refractivity contribution >= 4 is 0 Å². The number of benzene rings is 2. The first-order valence-electron chi connectivity index (χ1n) is 23.2. The molecule has 1 nitrogen and oxygen atoms in total. The van der Waals surface area contributed by atoms with Crippen molar-refractivity contribution in [3.8, 4) is 11.5 Å². The second kappa shape index (κ2) is 34.0. The quantitative estimate of drug-likeness (QED) is 0.0637. The molecule has 0 spiro atoms. The van der Waals surface area contributed by atoms with Crippen molar-refractivity contribution in [2.75, 3.05) is 0 Å². The van der Waals surface area contributed by atoms with Gasteiger partial charge in [-0.2, -0.15) is 0 Å². The lowest BCUT2D eigenvalue weighted by molar-refractivity contribution is 0.471. The zero-order valence-electron chi connectivity index (χ0n) is 34.7. The first-order valence-corrected chi connectivity index (χ1v) is 23.2. The molecule has 292 valence electrons.